The highest BCUT2D eigenvalue weighted by Crippen LogP contribution is 2.29. The second kappa shape index (κ2) is 14.4. The Morgan fingerprint density at radius 1 is 1.16 bits per heavy atom. The molecule has 2 saturated heterocycles. The first-order valence-electron chi connectivity index (χ1n) is 14.0. The fraction of sp³-hybridized carbons (Fsp3) is 0.714. The van der Waals surface area contributed by atoms with Gasteiger partial charge >= 0.3 is 0 Å². The van der Waals surface area contributed by atoms with Gasteiger partial charge in [0.1, 0.15) is 18.5 Å². The molecule has 0 aromatic carbocycles. The van der Waals surface area contributed by atoms with Gasteiger partial charge in [-0.15, -0.1) is 0 Å². The van der Waals surface area contributed by atoms with Crippen molar-refractivity contribution >= 4 is 17.3 Å². The second-order valence-corrected chi connectivity index (χ2v) is 9.83. The van der Waals surface area contributed by atoms with Crippen LogP contribution >= 0.6 is 0 Å². The molecule has 206 valence electrons. The number of likely N-dealkylation sites (tertiary alicyclic amines) is 1. The van der Waals surface area contributed by atoms with Crippen LogP contribution in [0.25, 0.3) is 5.70 Å². The molecule has 3 aliphatic rings. The van der Waals surface area contributed by atoms with Gasteiger partial charge in [-0.25, -0.2) is 0 Å². The minimum absolute atomic E-state index is 0.00611. The van der Waals surface area contributed by atoms with E-state index in [1.54, 1.807) is 6.07 Å². The number of ether oxygens (including phenoxy) is 3. The average Bonchev–Trinajstić information content (AvgIpc) is 3.58. The van der Waals surface area contributed by atoms with Crippen molar-refractivity contribution in [1.82, 2.24) is 14.9 Å². The standard InChI is InChI=1S/C26H38N4O5.C2H6/c1-3-7-20(25(32)19-9-4-5-10-21(19)31)24(27)26-28-22(34-15-17-8-6-12-30(17)2)14-23(29-26)35-18-11-13-33-16-18;1-2/h14,17-19H,3-13,15-16,27H2,1-2H3;1-2H3/b24-20-;/t17-,18?,19-;/m0./s1. The van der Waals surface area contributed by atoms with Crippen molar-refractivity contribution in [3.63, 3.8) is 0 Å². The Kier molecular flexibility index (Phi) is 11.3. The first kappa shape index (κ1) is 29.0. The van der Waals surface area contributed by atoms with E-state index in [1.807, 2.05) is 20.8 Å². The molecule has 3 fully saturated rings. The third-order valence-electron chi connectivity index (χ3n) is 7.18. The minimum atomic E-state index is -0.618. The molecule has 1 aromatic rings. The largest absolute Gasteiger partial charge is 0.476 e. The number of hydrogen-bond donors (Lipinski definition) is 1. The summed E-state index contributed by atoms with van der Waals surface area (Å²) < 4.78 is 17.5. The van der Waals surface area contributed by atoms with E-state index in [1.165, 1.54) is 0 Å². The van der Waals surface area contributed by atoms with Crippen LogP contribution in [0.3, 0.4) is 0 Å². The maximum Gasteiger partial charge on any atom is 0.221 e. The zero-order valence-electron chi connectivity index (χ0n) is 23.0. The Morgan fingerprint density at radius 2 is 1.95 bits per heavy atom. The Labute approximate surface area is 221 Å². The molecule has 1 aliphatic carbocycles. The van der Waals surface area contributed by atoms with Crippen LogP contribution in [0.2, 0.25) is 0 Å². The molecule has 2 N–H and O–H groups in total. The van der Waals surface area contributed by atoms with Crippen LogP contribution in [0.4, 0.5) is 0 Å². The summed E-state index contributed by atoms with van der Waals surface area (Å²) in [4.78, 5) is 37.3. The van der Waals surface area contributed by atoms with E-state index in [4.69, 9.17) is 19.9 Å². The van der Waals surface area contributed by atoms with Crippen molar-refractivity contribution in [2.45, 2.75) is 90.7 Å². The number of rotatable bonds is 10. The number of ketones is 2. The van der Waals surface area contributed by atoms with Crippen LogP contribution in [0.1, 0.15) is 84.4 Å². The smallest absolute Gasteiger partial charge is 0.221 e. The number of nitrogens with two attached hydrogens (primary N) is 1. The maximum absolute atomic E-state index is 13.4. The predicted molar refractivity (Wildman–Crippen MR) is 142 cm³/mol. The molecular formula is C28H44N4O5. The molecule has 1 unspecified atom stereocenters. The summed E-state index contributed by atoms with van der Waals surface area (Å²) in [5.41, 5.74) is 7.17. The lowest BCUT2D eigenvalue weighted by atomic mass is 9.81. The summed E-state index contributed by atoms with van der Waals surface area (Å²) in [7, 11) is 2.09. The van der Waals surface area contributed by atoms with Crippen LogP contribution in [0.5, 0.6) is 11.8 Å². The fourth-order valence-corrected chi connectivity index (χ4v) is 5.05. The van der Waals surface area contributed by atoms with E-state index in [0.717, 1.165) is 45.1 Å². The highest BCUT2D eigenvalue weighted by Gasteiger charge is 2.32. The van der Waals surface area contributed by atoms with Gasteiger partial charge in [0.2, 0.25) is 11.8 Å². The topological polar surface area (TPSA) is 117 Å². The molecule has 0 radical (unpaired) electrons. The van der Waals surface area contributed by atoms with Gasteiger partial charge in [-0.1, -0.05) is 33.6 Å². The van der Waals surface area contributed by atoms with Crippen LogP contribution in [-0.4, -0.2) is 72.0 Å². The molecule has 0 bridgehead atoms. The van der Waals surface area contributed by atoms with E-state index in [-0.39, 0.29) is 29.2 Å². The van der Waals surface area contributed by atoms with Crippen molar-refractivity contribution in [3.8, 4) is 11.8 Å². The summed E-state index contributed by atoms with van der Waals surface area (Å²) >= 11 is 0. The van der Waals surface area contributed by atoms with E-state index < -0.39 is 5.92 Å². The molecule has 9 nitrogen and oxygen atoms in total. The predicted octanol–water partition coefficient (Wildman–Crippen LogP) is 3.94. The van der Waals surface area contributed by atoms with Crippen LogP contribution in [-0.2, 0) is 14.3 Å². The Balaban J connectivity index is 0.00000186. The van der Waals surface area contributed by atoms with Gasteiger partial charge in [-0.3, -0.25) is 9.59 Å². The lowest BCUT2D eigenvalue weighted by Crippen LogP contribution is -2.31. The third-order valence-corrected chi connectivity index (χ3v) is 7.18. The molecule has 0 spiro atoms. The number of carbonyl (C=O) groups excluding carboxylic acids is 2. The monoisotopic (exact) mass is 516 g/mol. The van der Waals surface area contributed by atoms with Gasteiger partial charge in [0, 0.05) is 24.5 Å². The summed E-state index contributed by atoms with van der Waals surface area (Å²) in [6.07, 6.45) is 6.81. The maximum atomic E-state index is 13.4. The number of aromatic nitrogens is 2. The molecule has 0 amide bonds. The molecule has 37 heavy (non-hydrogen) atoms. The molecule has 1 saturated carbocycles. The number of likely N-dealkylation sites (N-methyl/N-ethyl adjacent to an activating group) is 1. The number of carbonyl (C=O) groups is 2. The van der Waals surface area contributed by atoms with Gasteiger partial charge in [0.05, 0.1) is 30.9 Å². The molecule has 2 aliphatic heterocycles. The normalized spacial score (nSPS) is 24.8. The van der Waals surface area contributed by atoms with E-state index in [9.17, 15) is 9.59 Å². The van der Waals surface area contributed by atoms with Crippen molar-refractivity contribution in [3.05, 3.63) is 17.5 Å². The Morgan fingerprint density at radius 3 is 2.59 bits per heavy atom. The van der Waals surface area contributed by atoms with Crippen molar-refractivity contribution in [2.24, 2.45) is 11.7 Å². The second-order valence-electron chi connectivity index (χ2n) is 9.83. The van der Waals surface area contributed by atoms with E-state index in [0.29, 0.717) is 62.5 Å². The molecular weight excluding hydrogens is 472 g/mol. The van der Waals surface area contributed by atoms with E-state index >= 15 is 0 Å². The van der Waals surface area contributed by atoms with Gasteiger partial charge in [-0.05, 0) is 45.7 Å². The molecule has 3 atom stereocenters. The van der Waals surface area contributed by atoms with Crippen LogP contribution < -0.4 is 15.2 Å². The number of allylic oxidation sites excluding steroid dienone is 1. The molecule has 3 heterocycles. The van der Waals surface area contributed by atoms with Gasteiger partial charge in [0.15, 0.2) is 11.6 Å². The number of Topliss-reactive ketones (excluding diaryl/α,β-unsaturated/α-hetero) is 2. The SMILES string of the molecule is CC.CCC/C(C(=O)[C@H]1CCCCC1=O)=C(/N)c1nc(OC[C@@H]2CCCN2C)cc(OC2CCOC2)n1. The third kappa shape index (κ3) is 7.74. The van der Waals surface area contributed by atoms with Gasteiger partial charge in [-0.2, -0.15) is 9.97 Å². The number of hydrogen-bond acceptors (Lipinski definition) is 9. The van der Waals surface area contributed by atoms with Gasteiger partial charge in [0.25, 0.3) is 0 Å². The summed E-state index contributed by atoms with van der Waals surface area (Å²) in [6.45, 7) is 8.68. The quantitative estimate of drug-likeness (QED) is 0.364. The summed E-state index contributed by atoms with van der Waals surface area (Å²) in [6, 6.07) is 2.00. The first-order chi connectivity index (χ1) is 18.0. The van der Waals surface area contributed by atoms with Crippen molar-refractivity contribution in [2.75, 3.05) is 33.4 Å². The average molecular weight is 517 g/mol. The Hall–Kier alpha value is -2.52. The summed E-state index contributed by atoms with van der Waals surface area (Å²) in [5.74, 6) is 0.114. The molecule has 9 heteroatoms. The van der Waals surface area contributed by atoms with Crippen LogP contribution in [0.15, 0.2) is 11.6 Å². The highest BCUT2D eigenvalue weighted by atomic mass is 16.6. The summed E-state index contributed by atoms with van der Waals surface area (Å²) in [5, 5.41) is 0. The number of nitrogens with zero attached hydrogens (tertiary/aromatic N) is 3. The van der Waals surface area contributed by atoms with Crippen molar-refractivity contribution in [1.29, 1.82) is 0 Å². The van der Waals surface area contributed by atoms with E-state index in [2.05, 4.69) is 21.9 Å². The zero-order valence-corrected chi connectivity index (χ0v) is 23.0. The minimum Gasteiger partial charge on any atom is -0.476 e. The van der Waals surface area contributed by atoms with Crippen LogP contribution in [0, 0.1) is 5.92 Å². The lowest BCUT2D eigenvalue weighted by Gasteiger charge is -2.22. The molecule has 1 aromatic heterocycles. The van der Waals surface area contributed by atoms with Crippen molar-refractivity contribution < 1.29 is 23.8 Å². The lowest BCUT2D eigenvalue weighted by molar-refractivity contribution is -0.132. The zero-order chi connectivity index (χ0) is 26.8. The fourth-order valence-electron chi connectivity index (χ4n) is 5.05. The first-order valence-corrected chi connectivity index (χ1v) is 14.0. The molecule has 4 rings (SSSR count). The highest BCUT2D eigenvalue weighted by molar-refractivity contribution is 6.13. The Bertz CT molecular complexity index is 945. The van der Waals surface area contributed by atoms with Gasteiger partial charge < -0.3 is 24.8 Å².